The molecular weight excluding hydrogens is 387 g/mol. The number of anilines is 1. The van der Waals surface area contributed by atoms with Crippen molar-refractivity contribution in [2.24, 2.45) is 11.7 Å². The number of amides is 2. The lowest BCUT2D eigenvalue weighted by Crippen LogP contribution is -2.51. The summed E-state index contributed by atoms with van der Waals surface area (Å²) in [6.45, 7) is 3.23. The Morgan fingerprint density at radius 1 is 1.04 bits per heavy atom. The van der Waals surface area contributed by atoms with E-state index in [1.807, 2.05) is 35.2 Å². The maximum atomic E-state index is 12.4. The first kappa shape index (κ1) is 23.7. The zero-order valence-corrected chi connectivity index (χ0v) is 17.1. The molecule has 0 aromatic heterocycles. The maximum absolute atomic E-state index is 12.4. The molecule has 0 radical (unpaired) electrons. The van der Waals surface area contributed by atoms with E-state index in [0.717, 1.165) is 38.0 Å². The second-order valence-electron chi connectivity index (χ2n) is 7.13. The fourth-order valence-corrected chi connectivity index (χ4v) is 3.75. The highest BCUT2D eigenvalue weighted by atomic mass is 35.5. The van der Waals surface area contributed by atoms with Crippen LogP contribution < -0.4 is 11.1 Å². The lowest BCUT2D eigenvalue weighted by Gasteiger charge is -2.35. The molecule has 2 fully saturated rings. The molecule has 1 aromatic carbocycles. The molecule has 1 aliphatic carbocycles. The lowest BCUT2D eigenvalue weighted by molar-refractivity contribution is -0.134. The first-order valence-corrected chi connectivity index (χ1v) is 9.22. The van der Waals surface area contributed by atoms with E-state index in [4.69, 9.17) is 5.73 Å². The first-order chi connectivity index (χ1) is 12.1. The van der Waals surface area contributed by atoms with Gasteiger partial charge >= 0.3 is 0 Å². The summed E-state index contributed by atoms with van der Waals surface area (Å²) in [7, 11) is 0. The Labute approximate surface area is 173 Å². The Kier molecular flexibility index (Phi) is 10.1. The number of hydrogen-bond acceptors (Lipinski definition) is 4. The lowest BCUT2D eigenvalue weighted by atomic mass is 9.99. The van der Waals surface area contributed by atoms with E-state index in [1.54, 1.807) is 0 Å². The predicted octanol–water partition coefficient (Wildman–Crippen LogP) is 2.13. The molecule has 1 heterocycles. The van der Waals surface area contributed by atoms with Gasteiger partial charge in [0, 0.05) is 44.3 Å². The van der Waals surface area contributed by atoms with Gasteiger partial charge < -0.3 is 16.0 Å². The highest BCUT2D eigenvalue weighted by Crippen LogP contribution is 2.27. The highest BCUT2D eigenvalue weighted by molar-refractivity contribution is 5.92. The van der Waals surface area contributed by atoms with Gasteiger partial charge in [-0.1, -0.05) is 24.6 Å². The van der Waals surface area contributed by atoms with E-state index in [2.05, 4.69) is 10.2 Å². The zero-order valence-electron chi connectivity index (χ0n) is 15.5. The second-order valence-corrected chi connectivity index (χ2v) is 7.13. The fraction of sp³-hybridized carbons (Fsp3) is 0.579. The summed E-state index contributed by atoms with van der Waals surface area (Å²) in [5.74, 6) is 0.556. The molecule has 3 rings (SSSR count). The number of piperazine rings is 1. The van der Waals surface area contributed by atoms with E-state index >= 15 is 0 Å². The van der Waals surface area contributed by atoms with E-state index in [0.29, 0.717) is 32.0 Å². The molecule has 2 aliphatic rings. The molecule has 2 atom stereocenters. The molecule has 3 N–H and O–H groups in total. The van der Waals surface area contributed by atoms with Crippen molar-refractivity contribution in [1.29, 1.82) is 0 Å². The predicted molar refractivity (Wildman–Crippen MR) is 113 cm³/mol. The number of benzene rings is 1. The summed E-state index contributed by atoms with van der Waals surface area (Å²) in [6, 6.07) is 9.66. The highest BCUT2D eigenvalue weighted by Gasteiger charge is 2.29. The minimum atomic E-state index is -0.0112. The summed E-state index contributed by atoms with van der Waals surface area (Å²) in [5, 5.41) is 2.90. The van der Waals surface area contributed by atoms with Crippen LogP contribution in [0.2, 0.25) is 0 Å². The Morgan fingerprint density at radius 2 is 1.70 bits per heavy atom. The molecule has 0 bridgehead atoms. The van der Waals surface area contributed by atoms with Crippen LogP contribution in [0.1, 0.15) is 25.7 Å². The largest absolute Gasteiger partial charge is 0.340 e. The van der Waals surface area contributed by atoms with Crippen molar-refractivity contribution < 1.29 is 9.59 Å². The van der Waals surface area contributed by atoms with Gasteiger partial charge in [0.15, 0.2) is 0 Å². The zero-order chi connectivity index (χ0) is 17.6. The number of nitrogens with zero attached hydrogens (tertiary/aromatic N) is 2. The normalized spacial score (nSPS) is 22.5. The number of hydrogen-bond donors (Lipinski definition) is 2. The topological polar surface area (TPSA) is 78.7 Å². The standard InChI is InChI=1S/C19H28N4O2.2ClH/c20-17-8-4-5-15(17)13-19(25)23-11-9-22(10-12-23)14-18(24)21-16-6-2-1-3-7-16;;/h1-3,6-7,15,17H,4-5,8-14,20H2,(H,21,24);2*1H/t15-,17+;;/m0../s1. The molecule has 2 amide bonds. The summed E-state index contributed by atoms with van der Waals surface area (Å²) >= 11 is 0. The monoisotopic (exact) mass is 416 g/mol. The van der Waals surface area contributed by atoms with Gasteiger partial charge in [-0.25, -0.2) is 0 Å². The number of rotatable bonds is 5. The quantitative estimate of drug-likeness (QED) is 0.770. The van der Waals surface area contributed by atoms with E-state index < -0.39 is 0 Å². The van der Waals surface area contributed by atoms with Gasteiger partial charge in [0.05, 0.1) is 6.54 Å². The molecule has 1 saturated heterocycles. The number of halogens is 2. The molecular formula is C19H30Cl2N4O2. The van der Waals surface area contributed by atoms with Gasteiger partial charge in [-0.3, -0.25) is 14.5 Å². The van der Waals surface area contributed by atoms with Crippen LogP contribution in [-0.4, -0.2) is 60.4 Å². The summed E-state index contributed by atoms with van der Waals surface area (Å²) in [4.78, 5) is 28.6. The number of carbonyl (C=O) groups is 2. The van der Waals surface area contributed by atoms with E-state index in [1.165, 1.54) is 0 Å². The van der Waals surface area contributed by atoms with Crippen molar-refractivity contribution in [1.82, 2.24) is 9.80 Å². The van der Waals surface area contributed by atoms with Gasteiger partial charge in [-0.05, 0) is 30.9 Å². The fourth-order valence-electron chi connectivity index (χ4n) is 3.75. The average molecular weight is 417 g/mol. The van der Waals surface area contributed by atoms with Crippen LogP contribution in [0.4, 0.5) is 5.69 Å². The number of nitrogens with two attached hydrogens (primary N) is 1. The summed E-state index contributed by atoms with van der Waals surface area (Å²) in [6.07, 6.45) is 3.84. The molecule has 1 aromatic rings. The molecule has 1 aliphatic heterocycles. The van der Waals surface area contributed by atoms with Crippen LogP contribution in [0, 0.1) is 5.92 Å². The van der Waals surface area contributed by atoms with Gasteiger partial charge in [0.25, 0.3) is 0 Å². The molecule has 0 unspecified atom stereocenters. The van der Waals surface area contributed by atoms with E-state index in [9.17, 15) is 9.59 Å². The van der Waals surface area contributed by atoms with Crippen molar-refractivity contribution in [3.63, 3.8) is 0 Å². The molecule has 152 valence electrons. The van der Waals surface area contributed by atoms with Crippen molar-refractivity contribution in [3.05, 3.63) is 30.3 Å². The Bertz CT molecular complexity index is 595. The number of nitrogens with one attached hydrogen (secondary N) is 1. The van der Waals surface area contributed by atoms with Gasteiger partial charge in [0.1, 0.15) is 0 Å². The molecule has 27 heavy (non-hydrogen) atoms. The van der Waals surface area contributed by atoms with Crippen LogP contribution in [0.15, 0.2) is 30.3 Å². The smallest absolute Gasteiger partial charge is 0.238 e. The second kappa shape index (κ2) is 11.5. The third-order valence-corrected chi connectivity index (χ3v) is 5.30. The molecule has 6 nitrogen and oxygen atoms in total. The van der Waals surface area contributed by atoms with Crippen molar-refractivity contribution in [2.45, 2.75) is 31.7 Å². The maximum Gasteiger partial charge on any atom is 0.238 e. The van der Waals surface area contributed by atoms with Crippen LogP contribution in [0.25, 0.3) is 0 Å². The Hall–Kier alpha value is -1.34. The number of carbonyl (C=O) groups excluding carboxylic acids is 2. The van der Waals surface area contributed by atoms with Crippen LogP contribution >= 0.6 is 24.8 Å². The van der Waals surface area contributed by atoms with E-state index in [-0.39, 0.29) is 42.7 Å². The number of para-hydroxylation sites is 1. The van der Waals surface area contributed by atoms with Crippen LogP contribution in [0.5, 0.6) is 0 Å². The van der Waals surface area contributed by atoms with Crippen LogP contribution in [-0.2, 0) is 9.59 Å². The average Bonchev–Trinajstić information content (AvgIpc) is 3.01. The molecule has 1 saturated carbocycles. The Morgan fingerprint density at radius 3 is 2.30 bits per heavy atom. The minimum absolute atomic E-state index is 0. The van der Waals surface area contributed by atoms with Crippen molar-refractivity contribution in [2.75, 3.05) is 38.0 Å². The first-order valence-electron chi connectivity index (χ1n) is 9.22. The van der Waals surface area contributed by atoms with Gasteiger partial charge in [-0.15, -0.1) is 24.8 Å². The third kappa shape index (κ3) is 6.96. The van der Waals surface area contributed by atoms with Crippen LogP contribution in [0.3, 0.4) is 0 Å². The van der Waals surface area contributed by atoms with Gasteiger partial charge in [0.2, 0.25) is 11.8 Å². The third-order valence-electron chi connectivity index (χ3n) is 5.30. The summed E-state index contributed by atoms with van der Waals surface area (Å²) in [5.41, 5.74) is 6.89. The molecule has 8 heteroatoms. The minimum Gasteiger partial charge on any atom is -0.340 e. The summed E-state index contributed by atoms with van der Waals surface area (Å²) < 4.78 is 0. The Balaban J connectivity index is 0.00000182. The SMILES string of the molecule is Cl.Cl.N[C@@H]1CCC[C@H]1CC(=O)N1CCN(CC(=O)Nc2ccccc2)CC1. The van der Waals surface area contributed by atoms with Crippen molar-refractivity contribution >= 4 is 42.3 Å². The van der Waals surface area contributed by atoms with Gasteiger partial charge in [-0.2, -0.15) is 0 Å². The molecule has 0 spiro atoms. The van der Waals surface area contributed by atoms with Crippen molar-refractivity contribution in [3.8, 4) is 0 Å².